The first kappa shape index (κ1) is 11.1. The molecule has 0 spiro atoms. The highest BCUT2D eigenvalue weighted by atomic mass is 16.1. The summed E-state index contributed by atoms with van der Waals surface area (Å²) in [4.78, 5) is 15.2. The van der Waals surface area contributed by atoms with Crippen LogP contribution in [0.25, 0.3) is 0 Å². The van der Waals surface area contributed by atoms with Crippen LogP contribution in [0.3, 0.4) is 0 Å². The van der Waals surface area contributed by atoms with Crippen LogP contribution in [0, 0.1) is 0 Å². The molecule has 0 radical (unpaired) electrons. The van der Waals surface area contributed by atoms with Gasteiger partial charge in [0.05, 0.1) is 0 Å². The smallest absolute Gasteiger partial charge is 0.214 e. The first-order valence-corrected chi connectivity index (χ1v) is 5.68. The van der Waals surface area contributed by atoms with Gasteiger partial charge in [-0.2, -0.15) is 0 Å². The average molecular weight is 218 g/mol. The van der Waals surface area contributed by atoms with Crippen molar-refractivity contribution >= 4 is 12.1 Å². The molecule has 1 amide bonds. The van der Waals surface area contributed by atoms with Gasteiger partial charge in [0.1, 0.15) is 0 Å². The Bertz CT molecular complexity index is 376. The number of aryl methyl sites for hydroxylation is 1. The number of benzene rings is 1. The van der Waals surface area contributed by atoms with Gasteiger partial charge in [-0.1, -0.05) is 18.2 Å². The minimum Gasteiger partial charge on any atom is -0.310 e. The van der Waals surface area contributed by atoms with Gasteiger partial charge in [0.15, 0.2) is 0 Å². The molecule has 0 fully saturated rings. The van der Waals surface area contributed by atoms with Crippen LogP contribution in [0.15, 0.2) is 24.3 Å². The number of carbonyl (C=O) groups is 1. The number of hydrogen-bond donors (Lipinski definition) is 0. The van der Waals surface area contributed by atoms with Crippen LogP contribution in [-0.2, 0) is 11.2 Å². The van der Waals surface area contributed by atoms with Gasteiger partial charge in [-0.15, -0.1) is 0 Å². The van der Waals surface area contributed by atoms with Gasteiger partial charge in [0, 0.05) is 18.3 Å². The van der Waals surface area contributed by atoms with Crippen molar-refractivity contribution in [3.05, 3.63) is 29.8 Å². The summed E-state index contributed by atoms with van der Waals surface area (Å²) < 4.78 is 0. The van der Waals surface area contributed by atoms with E-state index in [2.05, 4.69) is 11.0 Å². The van der Waals surface area contributed by atoms with E-state index < -0.39 is 0 Å². The molecule has 86 valence electrons. The summed E-state index contributed by atoms with van der Waals surface area (Å²) in [6, 6.07) is 8.48. The van der Waals surface area contributed by atoms with E-state index in [4.69, 9.17) is 0 Å². The molecule has 1 aromatic rings. The Labute approximate surface area is 96.7 Å². The molecule has 1 atom stereocenters. The number of fused-ring (bicyclic) bond motifs is 1. The molecule has 0 bridgehead atoms. The topological polar surface area (TPSA) is 23.6 Å². The first-order valence-electron chi connectivity index (χ1n) is 5.68. The molecule has 16 heavy (non-hydrogen) atoms. The molecule has 3 nitrogen and oxygen atoms in total. The minimum atomic E-state index is 0.308. The van der Waals surface area contributed by atoms with E-state index in [-0.39, 0.29) is 0 Å². The zero-order valence-corrected chi connectivity index (χ0v) is 9.89. The van der Waals surface area contributed by atoms with Crippen molar-refractivity contribution in [1.82, 2.24) is 4.90 Å². The molecule has 2 rings (SSSR count). The van der Waals surface area contributed by atoms with Gasteiger partial charge in [-0.3, -0.25) is 4.79 Å². The van der Waals surface area contributed by atoms with Gasteiger partial charge in [-0.05, 0) is 38.6 Å². The fourth-order valence-corrected chi connectivity index (χ4v) is 2.38. The molecule has 0 saturated carbocycles. The van der Waals surface area contributed by atoms with Crippen molar-refractivity contribution < 1.29 is 4.79 Å². The van der Waals surface area contributed by atoms with E-state index in [0.717, 1.165) is 31.5 Å². The van der Waals surface area contributed by atoms with Crippen molar-refractivity contribution in [2.45, 2.75) is 18.9 Å². The lowest BCUT2D eigenvalue weighted by Gasteiger charge is -2.35. The van der Waals surface area contributed by atoms with Crippen molar-refractivity contribution in [2.24, 2.45) is 0 Å². The maximum absolute atomic E-state index is 11.2. The highest BCUT2D eigenvalue weighted by Crippen LogP contribution is 2.29. The van der Waals surface area contributed by atoms with Crippen LogP contribution in [0.5, 0.6) is 0 Å². The second-order valence-corrected chi connectivity index (χ2v) is 4.60. The molecule has 0 aromatic heterocycles. The van der Waals surface area contributed by atoms with Crippen LogP contribution >= 0.6 is 0 Å². The number of para-hydroxylation sites is 1. The lowest BCUT2D eigenvalue weighted by molar-refractivity contribution is -0.108. The lowest BCUT2D eigenvalue weighted by atomic mass is 9.96. The molecule has 0 saturated heterocycles. The monoisotopic (exact) mass is 218 g/mol. The zero-order chi connectivity index (χ0) is 11.5. The molecule has 0 aliphatic carbocycles. The van der Waals surface area contributed by atoms with Crippen molar-refractivity contribution in [3.8, 4) is 0 Å². The molecule has 0 N–H and O–H groups in total. The van der Waals surface area contributed by atoms with Crippen LogP contribution in [0.4, 0.5) is 5.69 Å². The minimum absolute atomic E-state index is 0.308. The SMILES string of the molecule is CN(C)C[C@@H]1CCc2ccccc2N1C=O. The summed E-state index contributed by atoms with van der Waals surface area (Å²) in [5.74, 6) is 0. The second-order valence-electron chi connectivity index (χ2n) is 4.60. The largest absolute Gasteiger partial charge is 0.310 e. The molecule has 0 unspecified atom stereocenters. The van der Waals surface area contributed by atoms with Gasteiger partial charge >= 0.3 is 0 Å². The summed E-state index contributed by atoms with van der Waals surface area (Å²) >= 11 is 0. The highest BCUT2D eigenvalue weighted by molar-refractivity contribution is 5.79. The number of carbonyl (C=O) groups excluding carboxylic acids is 1. The number of rotatable bonds is 3. The molecule has 1 heterocycles. The van der Waals surface area contributed by atoms with Gasteiger partial charge < -0.3 is 9.80 Å². The maximum Gasteiger partial charge on any atom is 0.214 e. The summed E-state index contributed by atoms with van der Waals surface area (Å²) in [7, 11) is 4.09. The van der Waals surface area contributed by atoms with Crippen molar-refractivity contribution in [1.29, 1.82) is 0 Å². The molecule has 1 aromatic carbocycles. The van der Waals surface area contributed by atoms with Crippen LogP contribution in [0.1, 0.15) is 12.0 Å². The number of anilines is 1. The molecule has 1 aliphatic rings. The Morgan fingerprint density at radius 1 is 1.44 bits per heavy atom. The normalized spacial score (nSPS) is 19.7. The lowest BCUT2D eigenvalue weighted by Crippen LogP contribution is -2.44. The van der Waals surface area contributed by atoms with Gasteiger partial charge in [0.25, 0.3) is 0 Å². The fraction of sp³-hybridized carbons (Fsp3) is 0.462. The predicted octanol–water partition coefficient (Wildman–Crippen LogP) is 1.53. The molecule has 3 heteroatoms. The van der Waals surface area contributed by atoms with E-state index in [1.807, 2.05) is 37.2 Å². The number of hydrogen-bond acceptors (Lipinski definition) is 2. The molecular formula is C13H18N2O. The predicted molar refractivity (Wildman–Crippen MR) is 65.6 cm³/mol. The highest BCUT2D eigenvalue weighted by Gasteiger charge is 2.25. The standard InChI is InChI=1S/C13H18N2O/c1-14(2)9-12-8-7-11-5-3-4-6-13(11)15(12)10-16/h3-6,10,12H,7-9H2,1-2H3/t12-/m0/s1. The third-order valence-electron chi connectivity index (χ3n) is 3.10. The van der Waals surface area contributed by atoms with E-state index >= 15 is 0 Å². The van der Waals surface area contributed by atoms with E-state index in [1.54, 1.807) is 0 Å². The van der Waals surface area contributed by atoms with Gasteiger partial charge in [0.2, 0.25) is 6.41 Å². The fourth-order valence-electron chi connectivity index (χ4n) is 2.38. The Kier molecular flexibility index (Phi) is 3.25. The number of amides is 1. The first-order chi connectivity index (χ1) is 7.72. The Morgan fingerprint density at radius 2 is 2.19 bits per heavy atom. The van der Waals surface area contributed by atoms with E-state index in [0.29, 0.717) is 6.04 Å². The zero-order valence-electron chi connectivity index (χ0n) is 9.89. The van der Waals surface area contributed by atoms with E-state index in [9.17, 15) is 4.79 Å². The third-order valence-corrected chi connectivity index (χ3v) is 3.10. The maximum atomic E-state index is 11.2. The second kappa shape index (κ2) is 4.66. The Balaban J connectivity index is 2.26. The Hall–Kier alpha value is -1.35. The summed E-state index contributed by atoms with van der Waals surface area (Å²) in [6.07, 6.45) is 3.08. The van der Waals surface area contributed by atoms with Crippen LogP contribution in [0.2, 0.25) is 0 Å². The quantitative estimate of drug-likeness (QED) is 0.718. The van der Waals surface area contributed by atoms with Crippen molar-refractivity contribution in [3.63, 3.8) is 0 Å². The molecule has 1 aliphatic heterocycles. The van der Waals surface area contributed by atoms with Crippen molar-refractivity contribution in [2.75, 3.05) is 25.5 Å². The summed E-state index contributed by atoms with van der Waals surface area (Å²) in [5, 5.41) is 0. The summed E-state index contributed by atoms with van der Waals surface area (Å²) in [5.41, 5.74) is 2.36. The Morgan fingerprint density at radius 3 is 2.88 bits per heavy atom. The number of nitrogens with zero attached hydrogens (tertiary/aromatic N) is 2. The van der Waals surface area contributed by atoms with Crippen LogP contribution < -0.4 is 4.90 Å². The molecular weight excluding hydrogens is 200 g/mol. The third kappa shape index (κ3) is 2.09. The van der Waals surface area contributed by atoms with E-state index in [1.165, 1.54) is 5.56 Å². The van der Waals surface area contributed by atoms with Crippen LogP contribution in [-0.4, -0.2) is 38.0 Å². The average Bonchev–Trinajstić information content (AvgIpc) is 2.28. The number of likely N-dealkylation sites (N-methyl/N-ethyl adjacent to an activating group) is 1. The summed E-state index contributed by atoms with van der Waals surface area (Å²) in [6.45, 7) is 0.924. The van der Waals surface area contributed by atoms with Gasteiger partial charge in [-0.25, -0.2) is 0 Å².